The Morgan fingerprint density at radius 3 is 1.12 bits per heavy atom. The second kappa shape index (κ2) is 14.7. The highest BCUT2D eigenvalue weighted by molar-refractivity contribution is 5.54. The Labute approximate surface area is 352 Å². The van der Waals surface area contributed by atoms with Crippen molar-refractivity contribution in [1.82, 2.24) is 0 Å². The van der Waals surface area contributed by atoms with Gasteiger partial charge in [0.2, 0.25) is 0 Å². The predicted octanol–water partition coefficient (Wildman–Crippen LogP) is 16.3. The van der Waals surface area contributed by atoms with Crippen LogP contribution in [0.1, 0.15) is 260 Å². The first-order valence-corrected chi connectivity index (χ1v) is 24.0. The largest absolute Gasteiger partial charge is 0.0645 e. The van der Waals surface area contributed by atoms with Crippen LogP contribution in [0.15, 0.2) is 36.4 Å². The van der Waals surface area contributed by atoms with Crippen molar-refractivity contribution in [3.8, 4) is 0 Å². The zero-order chi connectivity index (χ0) is 41.7. The number of hydrogen-bond acceptors (Lipinski definition) is 0. The highest BCUT2D eigenvalue weighted by Crippen LogP contribution is 2.56. The standard InChI is InChI=1S/3C19H28/c1-12-8-7-9-14-10-16-17(11-15(12)14)19(5,6)13(2)18(16,3)4;1-6-19(5)12-18(3,4)16-11-15-13(2)8-7-9-14(15)10-17(16)19;1-6-19(5)12-18(3,4)16-10-14-9-7-8-13(2)15(14)11-17(16)19/h10-13H,7-9H2,1-6H3;2*10-11,13H,6-9,12H2,1-5H3. The zero-order valence-electron chi connectivity index (χ0n) is 40.0. The molecule has 0 amide bonds. The minimum absolute atomic E-state index is 0.311. The predicted molar refractivity (Wildman–Crippen MR) is 249 cm³/mol. The molecule has 0 saturated carbocycles. The summed E-state index contributed by atoms with van der Waals surface area (Å²) in [4.78, 5) is 0. The van der Waals surface area contributed by atoms with E-state index in [1.165, 1.54) is 83.5 Å². The van der Waals surface area contributed by atoms with Crippen LogP contribution in [0.3, 0.4) is 0 Å². The summed E-state index contributed by atoms with van der Waals surface area (Å²) in [5.41, 5.74) is 21.9. The molecule has 0 heterocycles. The van der Waals surface area contributed by atoms with Crippen molar-refractivity contribution in [3.05, 3.63) is 103 Å². The summed E-state index contributed by atoms with van der Waals surface area (Å²) in [7, 11) is 0. The third kappa shape index (κ3) is 7.14. The molecule has 57 heavy (non-hydrogen) atoms. The summed E-state index contributed by atoms with van der Waals surface area (Å²) in [5, 5.41) is 0. The van der Waals surface area contributed by atoms with Gasteiger partial charge in [0.1, 0.15) is 0 Å². The van der Waals surface area contributed by atoms with E-state index in [0.29, 0.717) is 38.4 Å². The molecule has 312 valence electrons. The maximum Gasteiger partial charge on any atom is -0.00666 e. The van der Waals surface area contributed by atoms with E-state index in [1.807, 2.05) is 0 Å². The lowest BCUT2D eigenvalue weighted by atomic mass is 9.71. The van der Waals surface area contributed by atoms with E-state index in [9.17, 15) is 0 Å². The number of fused-ring (bicyclic) bond motifs is 6. The molecule has 0 heteroatoms. The van der Waals surface area contributed by atoms with Crippen LogP contribution >= 0.6 is 0 Å². The van der Waals surface area contributed by atoms with Gasteiger partial charge in [0.05, 0.1) is 0 Å². The van der Waals surface area contributed by atoms with Crippen molar-refractivity contribution in [2.24, 2.45) is 5.92 Å². The molecule has 3 aromatic carbocycles. The van der Waals surface area contributed by atoms with Gasteiger partial charge in [-0.3, -0.25) is 0 Å². The number of hydrogen-bond donors (Lipinski definition) is 0. The van der Waals surface area contributed by atoms with Crippen molar-refractivity contribution < 1.29 is 0 Å². The van der Waals surface area contributed by atoms with Gasteiger partial charge in [-0.1, -0.05) is 147 Å². The first-order valence-electron chi connectivity index (χ1n) is 24.0. The monoisotopic (exact) mass is 769 g/mol. The smallest absolute Gasteiger partial charge is 0.00666 e. The molecule has 6 unspecified atom stereocenters. The molecule has 0 spiro atoms. The van der Waals surface area contributed by atoms with Crippen LogP contribution in [0, 0.1) is 5.92 Å². The molecule has 6 aliphatic carbocycles. The maximum absolute atomic E-state index is 2.59. The summed E-state index contributed by atoms with van der Waals surface area (Å²) in [6, 6.07) is 15.5. The molecule has 0 fully saturated rings. The van der Waals surface area contributed by atoms with E-state index in [-0.39, 0.29) is 0 Å². The molecule has 0 nitrogen and oxygen atoms in total. The average molecular weight is 769 g/mol. The zero-order valence-corrected chi connectivity index (χ0v) is 40.0. The number of aryl methyl sites for hydroxylation is 3. The van der Waals surface area contributed by atoms with Gasteiger partial charge in [0, 0.05) is 0 Å². The molecule has 0 N–H and O–H groups in total. The third-order valence-corrected chi connectivity index (χ3v) is 18.2. The van der Waals surface area contributed by atoms with Crippen LogP contribution in [-0.2, 0) is 51.8 Å². The van der Waals surface area contributed by atoms with Gasteiger partial charge in [0.25, 0.3) is 0 Å². The molecule has 0 aromatic heterocycles. The fraction of sp³-hybridized carbons (Fsp3) is 0.684. The van der Waals surface area contributed by atoms with Crippen LogP contribution in [-0.4, -0.2) is 0 Å². The van der Waals surface area contributed by atoms with Crippen LogP contribution < -0.4 is 0 Å². The lowest BCUT2D eigenvalue weighted by molar-refractivity contribution is 0.264. The maximum atomic E-state index is 2.59. The quantitative estimate of drug-likeness (QED) is 0.244. The van der Waals surface area contributed by atoms with Crippen LogP contribution in [0.4, 0.5) is 0 Å². The topological polar surface area (TPSA) is 0 Å². The number of benzene rings is 3. The summed E-state index contributed by atoms with van der Waals surface area (Å²) < 4.78 is 0. The lowest BCUT2D eigenvalue weighted by Crippen LogP contribution is -2.30. The normalized spacial score (nSPS) is 31.6. The van der Waals surface area contributed by atoms with Gasteiger partial charge in [-0.25, -0.2) is 0 Å². The Hall–Kier alpha value is -2.34. The van der Waals surface area contributed by atoms with Crippen molar-refractivity contribution >= 4 is 0 Å². The number of rotatable bonds is 2. The second-order valence-electron chi connectivity index (χ2n) is 23.8. The van der Waals surface area contributed by atoms with Crippen molar-refractivity contribution in [2.45, 2.75) is 244 Å². The molecular formula is C57H84. The Morgan fingerprint density at radius 2 is 0.719 bits per heavy atom. The van der Waals surface area contributed by atoms with E-state index in [4.69, 9.17) is 0 Å². The summed E-state index contributed by atoms with van der Waals surface area (Å²) in [6.45, 7) is 38.8. The van der Waals surface area contributed by atoms with Crippen LogP contribution in [0.5, 0.6) is 0 Å². The van der Waals surface area contributed by atoms with Crippen LogP contribution in [0.2, 0.25) is 0 Å². The van der Waals surface area contributed by atoms with Gasteiger partial charge in [0.15, 0.2) is 0 Å². The third-order valence-electron chi connectivity index (χ3n) is 18.2. The molecule has 0 bridgehead atoms. The Balaban J connectivity index is 0.000000131. The minimum Gasteiger partial charge on any atom is -0.0645 e. The minimum atomic E-state index is 0.311. The molecule has 6 aliphatic rings. The van der Waals surface area contributed by atoms with E-state index in [0.717, 1.165) is 17.8 Å². The highest BCUT2D eigenvalue weighted by Gasteiger charge is 2.49. The first kappa shape index (κ1) is 42.8. The molecule has 6 atom stereocenters. The fourth-order valence-electron chi connectivity index (χ4n) is 13.8. The van der Waals surface area contributed by atoms with Gasteiger partial charge >= 0.3 is 0 Å². The van der Waals surface area contributed by atoms with Gasteiger partial charge in [-0.05, 0) is 206 Å². The van der Waals surface area contributed by atoms with Gasteiger partial charge < -0.3 is 0 Å². The SMILES string of the molecule is CC1CCCc2cc3c(cc21)C(C)(C)C(C)C3(C)C.CCC1(C)CC(C)(C)c2cc3c(cc21)C(C)CCC3.CCC1(C)CC(C)(C)c2cc3c(cc21)CCCC3C. The summed E-state index contributed by atoms with van der Waals surface area (Å²) >= 11 is 0. The molecular weight excluding hydrogens is 685 g/mol. The summed E-state index contributed by atoms with van der Waals surface area (Å²) in [5.74, 6) is 2.98. The Kier molecular flexibility index (Phi) is 11.0. The van der Waals surface area contributed by atoms with E-state index in [1.54, 1.807) is 66.8 Å². The second-order valence-corrected chi connectivity index (χ2v) is 23.8. The van der Waals surface area contributed by atoms with Crippen molar-refractivity contribution in [2.75, 3.05) is 0 Å². The average Bonchev–Trinajstić information content (AvgIpc) is 3.55. The summed E-state index contributed by atoms with van der Waals surface area (Å²) in [6.07, 6.45) is 17.3. The fourth-order valence-corrected chi connectivity index (χ4v) is 13.8. The molecule has 9 rings (SSSR count). The Bertz CT molecular complexity index is 1960. The van der Waals surface area contributed by atoms with E-state index in [2.05, 4.69) is 147 Å². The molecule has 0 saturated heterocycles. The van der Waals surface area contributed by atoms with E-state index < -0.39 is 0 Å². The Morgan fingerprint density at radius 1 is 0.421 bits per heavy atom. The van der Waals surface area contributed by atoms with Crippen LogP contribution in [0.25, 0.3) is 0 Å². The van der Waals surface area contributed by atoms with Gasteiger partial charge in [-0.15, -0.1) is 0 Å². The molecule has 0 aliphatic heterocycles. The molecule has 0 radical (unpaired) electrons. The lowest BCUT2D eigenvalue weighted by Gasteiger charge is -2.32. The highest BCUT2D eigenvalue weighted by atomic mass is 14.5. The molecule has 3 aromatic rings. The van der Waals surface area contributed by atoms with Gasteiger partial charge in [-0.2, -0.15) is 0 Å². The van der Waals surface area contributed by atoms with Crippen molar-refractivity contribution in [3.63, 3.8) is 0 Å². The first-order chi connectivity index (χ1) is 26.5. The van der Waals surface area contributed by atoms with Crippen molar-refractivity contribution in [1.29, 1.82) is 0 Å². The van der Waals surface area contributed by atoms with E-state index >= 15 is 0 Å².